The van der Waals surface area contributed by atoms with Gasteiger partial charge in [0, 0.05) is 6.54 Å². The van der Waals surface area contributed by atoms with E-state index in [4.69, 9.17) is 5.73 Å². The number of aromatic nitrogens is 3. The Labute approximate surface area is 113 Å². The van der Waals surface area contributed by atoms with Crippen LogP contribution in [0.25, 0.3) is 16.8 Å². The van der Waals surface area contributed by atoms with E-state index in [1.807, 2.05) is 0 Å². The molecule has 0 atom stereocenters. The molecule has 0 spiro atoms. The fraction of sp³-hybridized carbons (Fsp3) is 0.308. The number of para-hydroxylation sites is 1. The molecule has 0 aliphatic heterocycles. The maximum absolute atomic E-state index is 5.69. The van der Waals surface area contributed by atoms with Crippen molar-refractivity contribution >= 4 is 32.7 Å². The van der Waals surface area contributed by atoms with Crippen molar-refractivity contribution in [3.8, 4) is 0 Å². The summed E-state index contributed by atoms with van der Waals surface area (Å²) in [6.07, 6.45) is 0. The fourth-order valence-corrected chi connectivity index (χ4v) is 2.95. The van der Waals surface area contributed by atoms with E-state index >= 15 is 0 Å². The summed E-state index contributed by atoms with van der Waals surface area (Å²) in [5.41, 5.74) is 10.1. The van der Waals surface area contributed by atoms with Crippen LogP contribution in [0.2, 0.25) is 0 Å². The monoisotopic (exact) mass is 306 g/mol. The lowest BCUT2D eigenvalue weighted by Crippen LogP contribution is -1.97. The Morgan fingerprint density at radius 2 is 2.22 bits per heavy atom. The first-order valence-electron chi connectivity index (χ1n) is 6.01. The zero-order valence-electron chi connectivity index (χ0n) is 10.4. The molecule has 0 saturated carbocycles. The Morgan fingerprint density at radius 1 is 1.44 bits per heavy atom. The number of H-pyrrole nitrogens is 1. The van der Waals surface area contributed by atoms with Crippen molar-refractivity contribution < 1.29 is 0 Å². The Hall–Kier alpha value is -1.33. The molecule has 3 N–H and O–H groups in total. The summed E-state index contributed by atoms with van der Waals surface area (Å²) < 4.78 is 3.03. The highest BCUT2D eigenvalue weighted by molar-refractivity contribution is 9.10. The molecule has 94 valence electrons. The molecule has 2 heterocycles. The number of aromatic amines is 1. The van der Waals surface area contributed by atoms with E-state index in [0.29, 0.717) is 12.5 Å². The smallest absolute Gasteiger partial charge is 0.213 e. The molecule has 0 bridgehead atoms. The molecule has 3 aromatic rings. The van der Waals surface area contributed by atoms with Crippen LogP contribution in [-0.2, 0) is 6.54 Å². The van der Waals surface area contributed by atoms with Crippen LogP contribution in [0.5, 0.6) is 0 Å². The minimum Gasteiger partial charge on any atom is -0.325 e. The predicted octanol–water partition coefficient (Wildman–Crippen LogP) is 3.16. The highest BCUT2D eigenvalue weighted by atomic mass is 79.9. The Kier molecular flexibility index (Phi) is 2.68. The van der Waals surface area contributed by atoms with E-state index in [1.54, 1.807) is 0 Å². The van der Waals surface area contributed by atoms with Crippen LogP contribution < -0.4 is 5.73 Å². The molecule has 0 saturated heterocycles. The first-order chi connectivity index (χ1) is 8.63. The predicted molar refractivity (Wildman–Crippen MR) is 76.7 cm³/mol. The second-order valence-corrected chi connectivity index (χ2v) is 5.49. The first-order valence-corrected chi connectivity index (χ1v) is 6.80. The van der Waals surface area contributed by atoms with Gasteiger partial charge in [-0.15, -0.1) is 0 Å². The third-order valence-electron chi connectivity index (χ3n) is 3.25. The van der Waals surface area contributed by atoms with Gasteiger partial charge < -0.3 is 10.7 Å². The van der Waals surface area contributed by atoms with Crippen LogP contribution in [0.4, 0.5) is 0 Å². The van der Waals surface area contributed by atoms with Crippen molar-refractivity contribution in [2.45, 2.75) is 26.3 Å². The summed E-state index contributed by atoms with van der Waals surface area (Å²) in [6.45, 7) is 4.83. The van der Waals surface area contributed by atoms with Gasteiger partial charge in [0.1, 0.15) is 4.60 Å². The van der Waals surface area contributed by atoms with Crippen molar-refractivity contribution in [1.82, 2.24) is 14.4 Å². The maximum Gasteiger partial charge on any atom is 0.213 e. The zero-order valence-corrected chi connectivity index (χ0v) is 12.0. The van der Waals surface area contributed by atoms with E-state index in [2.05, 4.69) is 62.3 Å². The van der Waals surface area contributed by atoms with Crippen molar-refractivity contribution in [2.24, 2.45) is 5.73 Å². The molecule has 0 amide bonds. The van der Waals surface area contributed by atoms with Gasteiger partial charge in [0.2, 0.25) is 5.78 Å². The fourth-order valence-electron chi connectivity index (χ4n) is 2.33. The van der Waals surface area contributed by atoms with Crippen LogP contribution in [0, 0.1) is 0 Å². The van der Waals surface area contributed by atoms with Crippen LogP contribution in [0.1, 0.15) is 31.0 Å². The summed E-state index contributed by atoms with van der Waals surface area (Å²) in [7, 11) is 0. The van der Waals surface area contributed by atoms with Gasteiger partial charge in [0.15, 0.2) is 0 Å². The summed E-state index contributed by atoms with van der Waals surface area (Å²) in [5.74, 6) is 1.30. The number of rotatable bonds is 2. The quantitative estimate of drug-likeness (QED) is 0.764. The van der Waals surface area contributed by atoms with Crippen molar-refractivity contribution in [3.63, 3.8) is 0 Å². The molecule has 5 heteroatoms. The normalized spacial score (nSPS) is 12.1. The van der Waals surface area contributed by atoms with Crippen molar-refractivity contribution in [3.05, 3.63) is 34.1 Å². The minimum absolute atomic E-state index is 0.459. The third kappa shape index (κ3) is 1.51. The third-order valence-corrected chi connectivity index (χ3v) is 4.08. The number of nitrogens with two attached hydrogens (primary N) is 1. The average molecular weight is 307 g/mol. The number of nitrogens with zero attached hydrogens (tertiary/aromatic N) is 2. The molecule has 18 heavy (non-hydrogen) atoms. The van der Waals surface area contributed by atoms with Gasteiger partial charge in [-0.3, -0.25) is 4.40 Å². The summed E-state index contributed by atoms with van der Waals surface area (Å²) >= 11 is 3.59. The van der Waals surface area contributed by atoms with Crippen LogP contribution >= 0.6 is 15.9 Å². The van der Waals surface area contributed by atoms with Gasteiger partial charge >= 0.3 is 0 Å². The molecule has 0 aliphatic carbocycles. The molecule has 0 aliphatic rings. The summed E-state index contributed by atoms with van der Waals surface area (Å²) in [6, 6.07) is 6.30. The standard InChI is InChI=1S/C13H15BrN4/c1-7(2)8-4-3-5-10-11(8)17-13-16-9(6-15)12(14)18(10)13/h3-5,7H,6,15H2,1-2H3,(H,16,17). The first kappa shape index (κ1) is 11.7. The average Bonchev–Trinajstić information content (AvgIpc) is 2.85. The maximum atomic E-state index is 5.69. The Bertz CT molecular complexity index is 723. The number of nitrogens with one attached hydrogen (secondary N) is 1. The number of halogens is 1. The van der Waals surface area contributed by atoms with E-state index in [0.717, 1.165) is 27.1 Å². The molecule has 2 aromatic heterocycles. The lowest BCUT2D eigenvalue weighted by Gasteiger charge is -2.05. The van der Waals surface area contributed by atoms with Gasteiger partial charge in [-0.2, -0.15) is 0 Å². The number of hydrogen-bond acceptors (Lipinski definition) is 2. The molecule has 1 aromatic carbocycles. The Morgan fingerprint density at radius 3 is 2.89 bits per heavy atom. The van der Waals surface area contributed by atoms with Gasteiger partial charge in [-0.05, 0) is 33.5 Å². The molecule has 0 radical (unpaired) electrons. The van der Waals surface area contributed by atoms with E-state index in [-0.39, 0.29) is 0 Å². The van der Waals surface area contributed by atoms with Gasteiger partial charge in [-0.25, -0.2) is 4.98 Å². The molecule has 4 nitrogen and oxygen atoms in total. The van der Waals surface area contributed by atoms with Crippen molar-refractivity contribution in [1.29, 1.82) is 0 Å². The molecule has 0 fully saturated rings. The molecular weight excluding hydrogens is 292 g/mol. The summed E-state index contributed by atoms with van der Waals surface area (Å²) in [5, 5.41) is 0. The second kappa shape index (κ2) is 4.10. The summed E-state index contributed by atoms with van der Waals surface area (Å²) in [4.78, 5) is 7.94. The van der Waals surface area contributed by atoms with Gasteiger partial charge in [-0.1, -0.05) is 26.0 Å². The number of fused-ring (bicyclic) bond motifs is 3. The van der Waals surface area contributed by atoms with Gasteiger partial charge in [0.25, 0.3) is 0 Å². The highest BCUT2D eigenvalue weighted by Crippen LogP contribution is 2.29. The second-order valence-electron chi connectivity index (χ2n) is 4.74. The molecule has 0 unspecified atom stereocenters. The van der Waals surface area contributed by atoms with E-state index < -0.39 is 0 Å². The number of benzene rings is 1. The van der Waals surface area contributed by atoms with Crippen LogP contribution in [0.15, 0.2) is 22.8 Å². The minimum atomic E-state index is 0.459. The number of hydrogen-bond donors (Lipinski definition) is 2. The van der Waals surface area contributed by atoms with Crippen LogP contribution in [-0.4, -0.2) is 14.4 Å². The number of imidazole rings is 2. The topological polar surface area (TPSA) is 59.1 Å². The highest BCUT2D eigenvalue weighted by Gasteiger charge is 2.16. The SMILES string of the molecule is CC(C)c1cccc2c1nc1[nH]c(CN)c(Br)n12. The van der Waals surface area contributed by atoms with Crippen LogP contribution in [0.3, 0.4) is 0 Å². The molecule has 3 rings (SSSR count). The Balaban J connectivity index is 2.42. The largest absolute Gasteiger partial charge is 0.325 e. The zero-order chi connectivity index (χ0) is 12.9. The molecular formula is C13H15BrN4. The van der Waals surface area contributed by atoms with Gasteiger partial charge in [0.05, 0.1) is 16.7 Å². The lowest BCUT2D eigenvalue weighted by atomic mass is 10.0. The lowest BCUT2D eigenvalue weighted by molar-refractivity contribution is 0.873. The van der Waals surface area contributed by atoms with E-state index in [9.17, 15) is 0 Å². The van der Waals surface area contributed by atoms with Crippen molar-refractivity contribution in [2.75, 3.05) is 0 Å². The van der Waals surface area contributed by atoms with E-state index in [1.165, 1.54) is 5.56 Å².